The smallest absolute Gasteiger partial charge is 0.0658 e. The third kappa shape index (κ3) is 3.36. The molecule has 0 aromatic carbocycles. The lowest BCUT2D eigenvalue weighted by Crippen LogP contribution is -2.27. The van der Waals surface area contributed by atoms with Crippen molar-refractivity contribution in [2.24, 2.45) is 5.92 Å². The molecule has 2 atom stereocenters. The minimum Gasteiger partial charge on any atom is -0.392 e. The normalized spacial score (nSPS) is 31.0. The first-order valence-electron chi connectivity index (χ1n) is 5.00. The summed E-state index contributed by atoms with van der Waals surface area (Å²) >= 11 is 1.96. The molecule has 1 saturated carbocycles. The summed E-state index contributed by atoms with van der Waals surface area (Å²) < 4.78 is 0. The predicted octanol–water partition coefficient (Wildman–Crippen LogP) is 2.68. The molecule has 1 aliphatic rings. The van der Waals surface area contributed by atoms with Crippen molar-refractivity contribution in [2.75, 3.05) is 5.75 Å². The molecule has 0 aliphatic heterocycles. The van der Waals surface area contributed by atoms with Crippen LogP contribution in [0.5, 0.6) is 0 Å². The first-order valence-corrected chi connectivity index (χ1v) is 6.04. The van der Waals surface area contributed by atoms with Crippen molar-refractivity contribution in [3.63, 3.8) is 0 Å². The number of aliphatic hydroxyl groups is 1. The Labute approximate surface area is 79.9 Å². The lowest BCUT2D eigenvalue weighted by atomic mass is 9.97. The molecule has 0 saturated heterocycles. The van der Waals surface area contributed by atoms with Gasteiger partial charge >= 0.3 is 0 Å². The van der Waals surface area contributed by atoms with E-state index in [0.29, 0.717) is 5.25 Å². The third-order valence-corrected chi connectivity index (χ3v) is 4.15. The monoisotopic (exact) mass is 188 g/mol. The number of aliphatic hydroxyl groups excluding tert-OH is 1. The van der Waals surface area contributed by atoms with Crippen LogP contribution in [-0.2, 0) is 0 Å². The quantitative estimate of drug-likeness (QED) is 0.735. The van der Waals surface area contributed by atoms with Crippen LogP contribution in [0, 0.1) is 5.92 Å². The standard InChI is InChI=1S/C10H20OS/c1-8(2)7-12-10-6-4-3-5-9(10)11/h8-11H,3-7H2,1-2H3. The van der Waals surface area contributed by atoms with E-state index in [0.717, 1.165) is 12.3 Å². The molecule has 1 aliphatic carbocycles. The van der Waals surface area contributed by atoms with Gasteiger partial charge in [0.25, 0.3) is 0 Å². The Morgan fingerprint density at radius 2 is 2.00 bits per heavy atom. The van der Waals surface area contributed by atoms with Crippen LogP contribution < -0.4 is 0 Å². The van der Waals surface area contributed by atoms with E-state index < -0.39 is 0 Å². The topological polar surface area (TPSA) is 20.2 Å². The summed E-state index contributed by atoms with van der Waals surface area (Å²) in [6.45, 7) is 4.48. The summed E-state index contributed by atoms with van der Waals surface area (Å²) in [5.74, 6) is 1.95. The Morgan fingerprint density at radius 1 is 1.33 bits per heavy atom. The van der Waals surface area contributed by atoms with Crippen molar-refractivity contribution in [3.8, 4) is 0 Å². The van der Waals surface area contributed by atoms with Gasteiger partial charge in [-0.25, -0.2) is 0 Å². The lowest BCUT2D eigenvalue weighted by molar-refractivity contribution is 0.137. The zero-order valence-corrected chi connectivity index (χ0v) is 8.94. The molecule has 2 heteroatoms. The van der Waals surface area contributed by atoms with Crippen LogP contribution >= 0.6 is 11.8 Å². The summed E-state index contributed by atoms with van der Waals surface area (Å²) in [5.41, 5.74) is 0. The van der Waals surface area contributed by atoms with Crippen LogP contribution in [-0.4, -0.2) is 22.2 Å². The average Bonchev–Trinajstić information content (AvgIpc) is 2.03. The molecule has 2 unspecified atom stereocenters. The molecule has 1 nitrogen and oxygen atoms in total. The number of thioether (sulfide) groups is 1. The highest BCUT2D eigenvalue weighted by Gasteiger charge is 2.23. The second-order valence-corrected chi connectivity index (χ2v) is 5.39. The highest BCUT2D eigenvalue weighted by atomic mass is 32.2. The number of rotatable bonds is 3. The van der Waals surface area contributed by atoms with Gasteiger partial charge in [0.05, 0.1) is 6.10 Å². The zero-order chi connectivity index (χ0) is 8.97. The Kier molecular flexibility index (Phi) is 4.44. The van der Waals surface area contributed by atoms with E-state index in [-0.39, 0.29) is 6.10 Å². The van der Waals surface area contributed by atoms with Gasteiger partial charge in [-0.2, -0.15) is 11.8 Å². The van der Waals surface area contributed by atoms with Gasteiger partial charge in [0, 0.05) is 5.25 Å². The molecule has 0 amide bonds. The molecule has 0 radical (unpaired) electrons. The summed E-state index contributed by atoms with van der Waals surface area (Å²) in [5, 5.41) is 10.2. The Hall–Kier alpha value is 0.310. The third-order valence-electron chi connectivity index (χ3n) is 2.31. The summed E-state index contributed by atoms with van der Waals surface area (Å²) in [4.78, 5) is 0. The highest BCUT2D eigenvalue weighted by Crippen LogP contribution is 2.29. The zero-order valence-electron chi connectivity index (χ0n) is 8.12. The Balaban J connectivity index is 2.20. The fourth-order valence-electron chi connectivity index (χ4n) is 1.59. The van der Waals surface area contributed by atoms with Crippen molar-refractivity contribution < 1.29 is 5.11 Å². The molecule has 0 bridgehead atoms. The molecule has 0 heterocycles. The van der Waals surface area contributed by atoms with Gasteiger partial charge in [0.1, 0.15) is 0 Å². The Bertz CT molecular complexity index is 125. The van der Waals surface area contributed by atoms with E-state index in [1.54, 1.807) is 0 Å². The van der Waals surface area contributed by atoms with Gasteiger partial charge in [0.2, 0.25) is 0 Å². The van der Waals surface area contributed by atoms with Gasteiger partial charge in [-0.1, -0.05) is 26.7 Å². The number of hydrogen-bond donors (Lipinski definition) is 1. The molecule has 1 rings (SSSR count). The molecule has 12 heavy (non-hydrogen) atoms. The van der Waals surface area contributed by atoms with Gasteiger partial charge < -0.3 is 5.11 Å². The molecular weight excluding hydrogens is 168 g/mol. The average molecular weight is 188 g/mol. The van der Waals surface area contributed by atoms with E-state index in [1.165, 1.54) is 25.0 Å². The van der Waals surface area contributed by atoms with Crippen molar-refractivity contribution >= 4 is 11.8 Å². The fraction of sp³-hybridized carbons (Fsp3) is 1.00. The van der Waals surface area contributed by atoms with Crippen molar-refractivity contribution in [1.29, 1.82) is 0 Å². The Morgan fingerprint density at radius 3 is 2.58 bits per heavy atom. The minimum absolute atomic E-state index is 0.0255. The summed E-state index contributed by atoms with van der Waals surface area (Å²) in [6, 6.07) is 0. The van der Waals surface area contributed by atoms with Gasteiger partial charge in [-0.15, -0.1) is 0 Å². The van der Waals surface area contributed by atoms with E-state index in [4.69, 9.17) is 0 Å². The second kappa shape index (κ2) is 5.13. The molecule has 0 aromatic rings. The van der Waals surface area contributed by atoms with Gasteiger partial charge in [-0.05, 0) is 24.5 Å². The SMILES string of the molecule is CC(C)CSC1CCCCC1O. The predicted molar refractivity (Wildman–Crippen MR) is 55.6 cm³/mol. The van der Waals surface area contributed by atoms with Gasteiger partial charge in [-0.3, -0.25) is 0 Å². The van der Waals surface area contributed by atoms with Crippen LogP contribution in [0.25, 0.3) is 0 Å². The highest BCUT2D eigenvalue weighted by molar-refractivity contribution is 7.99. The minimum atomic E-state index is -0.0255. The van der Waals surface area contributed by atoms with Crippen molar-refractivity contribution in [2.45, 2.75) is 50.9 Å². The molecular formula is C10H20OS. The van der Waals surface area contributed by atoms with Crippen molar-refractivity contribution in [3.05, 3.63) is 0 Å². The molecule has 72 valence electrons. The second-order valence-electron chi connectivity index (χ2n) is 4.12. The molecule has 0 aromatic heterocycles. The largest absolute Gasteiger partial charge is 0.392 e. The van der Waals surface area contributed by atoms with E-state index >= 15 is 0 Å². The van der Waals surface area contributed by atoms with Crippen LogP contribution in [0.1, 0.15) is 39.5 Å². The summed E-state index contributed by atoms with van der Waals surface area (Å²) in [7, 11) is 0. The maximum atomic E-state index is 9.66. The van der Waals surface area contributed by atoms with Gasteiger partial charge in [0.15, 0.2) is 0 Å². The summed E-state index contributed by atoms with van der Waals surface area (Å²) in [6.07, 6.45) is 4.75. The van der Waals surface area contributed by atoms with E-state index in [2.05, 4.69) is 13.8 Å². The lowest BCUT2D eigenvalue weighted by Gasteiger charge is -2.27. The van der Waals surface area contributed by atoms with Crippen LogP contribution in [0.15, 0.2) is 0 Å². The van der Waals surface area contributed by atoms with Crippen LogP contribution in [0.2, 0.25) is 0 Å². The van der Waals surface area contributed by atoms with E-state index in [1.807, 2.05) is 11.8 Å². The fourth-order valence-corrected chi connectivity index (χ4v) is 2.91. The van der Waals surface area contributed by atoms with E-state index in [9.17, 15) is 5.11 Å². The van der Waals surface area contributed by atoms with Crippen LogP contribution in [0.3, 0.4) is 0 Å². The van der Waals surface area contributed by atoms with Crippen LogP contribution in [0.4, 0.5) is 0 Å². The van der Waals surface area contributed by atoms with Crippen molar-refractivity contribution in [1.82, 2.24) is 0 Å². The maximum absolute atomic E-state index is 9.66. The molecule has 1 fully saturated rings. The molecule has 0 spiro atoms. The first-order chi connectivity index (χ1) is 5.70. The molecule has 1 N–H and O–H groups in total. The number of hydrogen-bond acceptors (Lipinski definition) is 2. The first kappa shape index (κ1) is 10.4. The maximum Gasteiger partial charge on any atom is 0.0658 e.